The normalized spacial score (nSPS) is 26.4. The maximum atomic E-state index is 11.5. The maximum Gasteiger partial charge on any atom is 0.293 e. The molecule has 1 aliphatic heterocycles. The van der Waals surface area contributed by atoms with E-state index in [1.807, 2.05) is 11.8 Å². The summed E-state index contributed by atoms with van der Waals surface area (Å²) in [6.45, 7) is 2.16. The van der Waals surface area contributed by atoms with Crippen LogP contribution in [0.25, 0.3) is 0 Å². The van der Waals surface area contributed by atoms with Gasteiger partial charge in [0.25, 0.3) is 11.7 Å². The van der Waals surface area contributed by atoms with Crippen LogP contribution in [0.4, 0.5) is 0 Å². The molecule has 1 saturated heterocycles. The molecule has 0 aromatic carbocycles. The molecular weight excluding hydrogens is 202 g/mol. The quantitative estimate of drug-likeness (QED) is 0.712. The van der Waals surface area contributed by atoms with Crippen LogP contribution in [0.1, 0.15) is 24.0 Å². The smallest absolute Gasteiger partial charge is 0.293 e. The molecule has 7 heteroatoms. The number of hydrogen-bond acceptors (Lipinski definition) is 5. The van der Waals surface area contributed by atoms with Crippen molar-refractivity contribution in [3.05, 3.63) is 5.82 Å². The second-order valence-corrected chi connectivity index (χ2v) is 4.76. The van der Waals surface area contributed by atoms with E-state index in [-0.39, 0.29) is 17.8 Å². The van der Waals surface area contributed by atoms with Crippen LogP contribution in [0, 0.1) is 0 Å². The van der Waals surface area contributed by atoms with Crippen molar-refractivity contribution >= 4 is 17.7 Å². The number of nitrogens with one attached hydrogen (secondary N) is 2. The van der Waals surface area contributed by atoms with E-state index in [0.29, 0.717) is 5.25 Å². The monoisotopic (exact) mass is 213 g/mol. The van der Waals surface area contributed by atoms with Crippen LogP contribution < -0.4 is 5.32 Å². The van der Waals surface area contributed by atoms with E-state index in [1.165, 1.54) is 0 Å². The summed E-state index contributed by atoms with van der Waals surface area (Å²) >= 11 is 1.87. The zero-order chi connectivity index (χ0) is 9.97. The van der Waals surface area contributed by atoms with Gasteiger partial charge in [-0.15, -0.1) is 10.2 Å². The van der Waals surface area contributed by atoms with Gasteiger partial charge in [-0.3, -0.25) is 4.79 Å². The molecule has 14 heavy (non-hydrogen) atoms. The van der Waals surface area contributed by atoms with Crippen LogP contribution >= 0.6 is 11.8 Å². The molecule has 0 saturated carbocycles. The number of thioether (sulfide) groups is 1. The number of amides is 1. The fourth-order valence-electron chi connectivity index (χ4n) is 1.43. The van der Waals surface area contributed by atoms with Gasteiger partial charge in [-0.2, -0.15) is 17.0 Å². The number of rotatable bonds is 2. The van der Waals surface area contributed by atoms with E-state index >= 15 is 0 Å². The molecule has 0 spiro atoms. The topological polar surface area (TPSA) is 83.6 Å². The first kappa shape index (κ1) is 9.45. The first-order valence-corrected chi connectivity index (χ1v) is 5.46. The zero-order valence-corrected chi connectivity index (χ0v) is 8.54. The van der Waals surface area contributed by atoms with Crippen molar-refractivity contribution < 1.29 is 4.79 Å². The molecule has 0 aliphatic carbocycles. The van der Waals surface area contributed by atoms with Crippen LogP contribution in [-0.2, 0) is 0 Å². The van der Waals surface area contributed by atoms with Crippen LogP contribution in [-0.4, -0.2) is 43.6 Å². The molecule has 2 heterocycles. The summed E-state index contributed by atoms with van der Waals surface area (Å²) in [5, 5.41) is 16.3. The van der Waals surface area contributed by atoms with Crippen molar-refractivity contribution in [2.75, 3.05) is 5.75 Å². The summed E-state index contributed by atoms with van der Waals surface area (Å²) in [7, 11) is 0. The number of H-pyrrole nitrogens is 1. The van der Waals surface area contributed by atoms with Crippen LogP contribution in [0.2, 0.25) is 0 Å². The Bertz CT molecular complexity index is 314. The molecular formula is C7H11N5OS. The predicted octanol–water partition coefficient (Wildman–Crippen LogP) is -0.177. The van der Waals surface area contributed by atoms with Crippen molar-refractivity contribution in [3.63, 3.8) is 0 Å². The number of hydrogen-bond donors (Lipinski definition) is 2. The van der Waals surface area contributed by atoms with Crippen molar-refractivity contribution in [1.82, 2.24) is 25.9 Å². The van der Waals surface area contributed by atoms with E-state index in [1.54, 1.807) is 0 Å². The Morgan fingerprint density at radius 3 is 3.14 bits per heavy atom. The first-order chi connectivity index (χ1) is 6.75. The number of nitrogens with zero attached hydrogens (tertiary/aromatic N) is 3. The molecule has 0 radical (unpaired) electrons. The van der Waals surface area contributed by atoms with E-state index in [2.05, 4.69) is 32.9 Å². The van der Waals surface area contributed by atoms with Crippen LogP contribution in [0.5, 0.6) is 0 Å². The Kier molecular flexibility index (Phi) is 2.67. The number of tetrazole rings is 1. The largest absolute Gasteiger partial charge is 0.346 e. The van der Waals surface area contributed by atoms with Crippen molar-refractivity contribution in [2.45, 2.75) is 24.6 Å². The van der Waals surface area contributed by atoms with Crippen molar-refractivity contribution in [3.8, 4) is 0 Å². The van der Waals surface area contributed by atoms with Gasteiger partial charge in [0.2, 0.25) is 0 Å². The molecule has 1 amide bonds. The number of carbonyl (C=O) groups is 1. The minimum Gasteiger partial charge on any atom is -0.346 e. The summed E-state index contributed by atoms with van der Waals surface area (Å²) in [4.78, 5) is 11.5. The SMILES string of the molecule is CC1CC(NC(=O)c2nn[nH]n2)CS1. The lowest BCUT2D eigenvalue weighted by atomic mass is 10.2. The average Bonchev–Trinajstić information content (AvgIpc) is 2.75. The highest BCUT2D eigenvalue weighted by atomic mass is 32.2. The first-order valence-electron chi connectivity index (χ1n) is 4.41. The van der Waals surface area contributed by atoms with Gasteiger partial charge in [0.05, 0.1) is 0 Å². The Labute approximate surface area is 85.2 Å². The molecule has 0 bridgehead atoms. The fourth-order valence-corrected chi connectivity index (χ4v) is 2.57. The van der Waals surface area contributed by atoms with Crippen LogP contribution in [0.3, 0.4) is 0 Å². The predicted molar refractivity (Wildman–Crippen MR) is 52.0 cm³/mol. The lowest BCUT2D eigenvalue weighted by molar-refractivity contribution is 0.0930. The van der Waals surface area contributed by atoms with Gasteiger partial charge in [-0.05, 0) is 11.6 Å². The Morgan fingerprint density at radius 2 is 2.57 bits per heavy atom. The zero-order valence-electron chi connectivity index (χ0n) is 7.73. The van der Waals surface area contributed by atoms with Crippen molar-refractivity contribution in [2.24, 2.45) is 0 Å². The fraction of sp³-hybridized carbons (Fsp3) is 0.714. The standard InChI is InChI=1S/C7H11N5OS/c1-4-2-5(3-14-4)8-7(13)6-9-11-12-10-6/h4-5H,2-3H2,1H3,(H,8,13)(H,9,10,11,12). The molecule has 2 atom stereocenters. The van der Waals surface area contributed by atoms with Crippen molar-refractivity contribution in [1.29, 1.82) is 0 Å². The van der Waals surface area contributed by atoms with Gasteiger partial charge in [-0.25, -0.2) is 0 Å². The van der Waals surface area contributed by atoms with Gasteiger partial charge in [0.1, 0.15) is 0 Å². The molecule has 2 N–H and O–H groups in total. The molecule has 76 valence electrons. The molecule has 1 aromatic heterocycles. The number of aromatic nitrogens is 4. The third-order valence-corrected chi connectivity index (χ3v) is 3.44. The molecule has 1 aromatic rings. The molecule has 1 fully saturated rings. The number of aromatic amines is 1. The summed E-state index contributed by atoms with van der Waals surface area (Å²) in [5.41, 5.74) is 0. The van der Waals surface area contributed by atoms with E-state index in [9.17, 15) is 4.79 Å². The molecule has 2 rings (SSSR count). The second kappa shape index (κ2) is 3.95. The Morgan fingerprint density at radius 1 is 1.71 bits per heavy atom. The van der Waals surface area contributed by atoms with Gasteiger partial charge in [0, 0.05) is 17.0 Å². The third-order valence-electron chi connectivity index (χ3n) is 2.08. The lowest BCUT2D eigenvalue weighted by Gasteiger charge is -2.08. The summed E-state index contributed by atoms with van der Waals surface area (Å²) in [6, 6.07) is 0.237. The molecule has 6 nitrogen and oxygen atoms in total. The van der Waals surface area contributed by atoms with E-state index in [0.717, 1.165) is 12.2 Å². The summed E-state index contributed by atoms with van der Waals surface area (Å²) in [6.07, 6.45) is 1.01. The number of carbonyl (C=O) groups excluding carboxylic acids is 1. The van der Waals surface area contributed by atoms with E-state index < -0.39 is 0 Å². The lowest BCUT2D eigenvalue weighted by Crippen LogP contribution is -2.35. The molecule has 2 unspecified atom stereocenters. The summed E-state index contributed by atoms with van der Waals surface area (Å²) < 4.78 is 0. The second-order valence-electron chi connectivity index (χ2n) is 3.29. The highest BCUT2D eigenvalue weighted by Gasteiger charge is 2.24. The van der Waals surface area contributed by atoms with Gasteiger partial charge >= 0.3 is 0 Å². The molecule has 1 aliphatic rings. The maximum absolute atomic E-state index is 11.5. The van der Waals surface area contributed by atoms with E-state index in [4.69, 9.17) is 0 Å². The highest BCUT2D eigenvalue weighted by molar-refractivity contribution is 8.00. The van der Waals surface area contributed by atoms with Gasteiger partial charge in [0.15, 0.2) is 0 Å². The Balaban J connectivity index is 1.89. The minimum atomic E-state index is -0.251. The third kappa shape index (κ3) is 2.03. The van der Waals surface area contributed by atoms with Gasteiger partial charge < -0.3 is 5.32 Å². The Hall–Kier alpha value is -1.11. The minimum absolute atomic E-state index is 0.106. The van der Waals surface area contributed by atoms with Gasteiger partial charge in [-0.1, -0.05) is 6.92 Å². The average molecular weight is 213 g/mol. The van der Waals surface area contributed by atoms with Crippen LogP contribution in [0.15, 0.2) is 0 Å². The summed E-state index contributed by atoms with van der Waals surface area (Å²) in [5.74, 6) is 0.818. The highest BCUT2D eigenvalue weighted by Crippen LogP contribution is 2.25.